The molecule has 0 aliphatic carbocycles. The van der Waals surface area contributed by atoms with Gasteiger partial charge in [0, 0.05) is 18.6 Å². The molecule has 0 N–H and O–H groups in total. The molecule has 10 heteroatoms. The summed E-state index contributed by atoms with van der Waals surface area (Å²) in [5.41, 5.74) is 1.43. The number of nitro benzene ring substituents is 1. The van der Waals surface area contributed by atoms with Crippen molar-refractivity contribution in [2.45, 2.75) is 24.4 Å². The van der Waals surface area contributed by atoms with Crippen LogP contribution in [-0.4, -0.2) is 44.1 Å². The number of imide groups is 1. The van der Waals surface area contributed by atoms with Gasteiger partial charge in [0.2, 0.25) is 0 Å². The normalized spacial score (nSPS) is 19.5. The number of nitro groups is 1. The molecule has 2 heterocycles. The van der Waals surface area contributed by atoms with Gasteiger partial charge in [-0.2, -0.15) is 0 Å². The molecule has 2 amide bonds. The molecule has 2 aromatic carbocycles. The van der Waals surface area contributed by atoms with Crippen molar-refractivity contribution < 1.29 is 24.0 Å². The van der Waals surface area contributed by atoms with E-state index in [2.05, 4.69) is 4.99 Å². The molecule has 0 radical (unpaired) electrons. The van der Waals surface area contributed by atoms with Gasteiger partial charge in [0.05, 0.1) is 9.97 Å². The molecule has 1 saturated heterocycles. The van der Waals surface area contributed by atoms with E-state index in [-0.39, 0.29) is 12.3 Å². The Morgan fingerprint density at radius 3 is 2.47 bits per heavy atom. The molecule has 2 atom stereocenters. The third-order valence-corrected chi connectivity index (χ3v) is 5.90. The van der Waals surface area contributed by atoms with Crippen LogP contribution in [0, 0.1) is 10.1 Å². The van der Waals surface area contributed by atoms with Crippen LogP contribution < -0.4 is 0 Å². The Balaban J connectivity index is 1.32. The third kappa shape index (κ3) is 3.81. The van der Waals surface area contributed by atoms with E-state index in [1.807, 2.05) is 30.3 Å². The molecule has 152 valence electrons. The first-order valence-corrected chi connectivity index (χ1v) is 9.87. The number of amides is 2. The van der Waals surface area contributed by atoms with Crippen molar-refractivity contribution >= 4 is 40.3 Å². The summed E-state index contributed by atoms with van der Waals surface area (Å²) < 4.78 is 4.97. The Morgan fingerprint density at radius 2 is 1.80 bits per heavy atom. The van der Waals surface area contributed by atoms with Crippen LogP contribution in [0.3, 0.4) is 0 Å². The van der Waals surface area contributed by atoms with E-state index in [0.717, 1.165) is 15.5 Å². The molecule has 2 aromatic rings. The number of thioether (sulfide) groups is 1. The van der Waals surface area contributed by atoms with Gasteiger partial charge in [-0.15, -0.1) is 0 Å². The van der Waals surface area contributed by atoms with Gasteiger partial charge in [-0.3, -0.25) is 29.6 Å². The van der Waals surface area contributed by atoms with Crippen molar-refractivity contribution in [3.05, 3.63) is 75.8 Å². The fraction of sp³-hybridized carbons (Fsp3) is 0.200. The highest BCUT2D eigenvalue weighted by molar-refractivity contribution is 8.14. The van der Waals surface area contributed by atoms with Crippen molar-refractivity contribution in [2.24, 2.45) is 4.99 Å². The predicted molar refractivity (Wildman–Crippen MR) is 107 cm³/mol. The lowest BCUT2D eigenvalue weighted by atomic mass is 10.1. The number of likely N-dealkylation sites (tertiary alicyclic amines) is 1. The van der Waals surface area contributed by atoms with Gasteiger partial charge in [0.15, 0.2) is 6.04 Å². The number of hydrogen-bond donors (Lipinski definition) is 0. The second-order valence-corrected chi connectivity index (χ2v) is 7.84. The fourth-order valence-corrected chi connectivity index (χ4v) is 4.42. The number of esters is 1. The van der Waals surface area contributed by atoms with Gasteiger partial charge < -0.3 is 4.74 Å². The number of aliphatic imine (C=N–C) groups is 1. The van der Waals surface area contributed by atoms with E-state index in [0.29, 0.717) is 12.0 Å². The first-order chi connectivity index (χ1) is 14.4. The number of nitrogens with zero attached hydrogens (tertiary/aromatic N) is 3. The number of hydrogen-bond acceptors (Lipinski definition) is 8. The molecular formula is C20H15N3O6S. The molecule has 2 aliphatic rings. The van der Waals surface area contributed by atoms with Crippen LogP contribution in [0.25, 0.3) is 0 Å². The molecule has 2 aliphatic heterocycles. The summed E-state index contributed by atoms with van der Waals surface area (Å²) >= 11 is 1.29. The third-order valence-electron chi connectivity index (χ3n) is 4.66. The average molecular weight is 425 g/mol. The van der Waals surface area contributed by atoms with Crippen LogP contribution in [0.1, 0.15) is 11.1 Å². The standard InChI is InChI=1S/C20H15N3O6S/c24-17-16-19(30-15(21-16)10-12-4-2-1-3-5-12)22(17)18(25)20(26)29-11-13-6-8-14(9-7-13)23(27)28/h1-9,16,19H,10-11H2/t16-,19-/m1/s1. The van der Waals surface area contributed by atoms with Crippen LogP contribution in [0.5, 0.6) is 0 Å². The van der Waals surface area contributed by atoms with E-state index in [1.54, 1.807) is 0 Å². The van der Waals surface area contributed by atoms with Crippen molar-refractivity contribution in [1.82, 2.24) is 4.90 Å². The minimum Gasteiger partial charge on any atom is -0.454 e. The highest BCUT2D eigenvalue weighted by Gasteiger charge is 2.56. The van der Waals surface area contributed by atoms with Gasteiger partial charge >= 0.3 is 11.9 Å². The smallest absolute Gasteiger partial charge is 0.397 e. The lowest BCUT2D eigenvalue weighted by Crippen LogP contribution is -2.64. The van der Waals surface area contributed by atoms with Gasteiger partial charge in [-0.25, -0.2) is 4.79 Å². The van der Waals surface area contributed by atoms with Gasteiger partial charge in [-0.1, -0.05) is 42.1 Å². The fourth-order valence-electron chi connectivity index (χ4n) is 3.11. The zero-order chi connectivity index (χ0) is 21.3. The van der Waals surface area contributed by atoms with E-state index < -0.39 is 34.1 Å². The molecule has 0 saturated carbocycles. The van der Waals surface area contributed by atoms with Crippen LogP contribution in [0.4, 0.5) is 5.69 Å². The topological polar surface area (TPSA) is 119 Å². The van der Waals surface area contributed by atoms with Gasteiger partial charge in [-0.05, 0) is 23.3 Å². The lowest BCUT2D eigenvalue weighted by Gasteiger charge is -2.38. The van der Waals surface area contributed by atoms with E-state index in [4.69, 9.17) is 4.74 Å². The zero-order valence-electron chi connectivity index (χ0n) is 15.5. The minimum atomic E-state index is -1.16. The van der Waals surface area contributed by atoms with Gasteiger partial charge in [0.1, 0.15) is 12.0 Å². The van der Waals surface area contributed by atoms with Crippen LogP contribution in [0.2, 0.25) is 0 Å². The highest BCUT2D eigenvalue weighted by Crippen LogP contribution is 2.40. The van der Waals surface area contributed by atoms with Crippen molar-refractivity contribution in [3.63, 3.8) is 0 Å². The van der Waals surface area contributed by atoms with Gasteiger partial charge in [0.25, 0.3) is 11.6 Å². The number of β-lactam (4-membered cyclic amide) rings is 1. The second kappa shape index (κ2) is 8.07. The average Bonchev–Trinajstić information content (AvgIpc) is 3.11. The SMILES string of the molecule is O=C(OCc1ccc([N+](=O)[O-])cc1)C(=O)N1C(=O)[C@H]2N=C(Cc3ccccc3)S[C@H]21. The number of benzene rings is 2. The number of ether oxygens (including phenoxy) is 1. The predicted octanol–water partition coefficient (Wildman–Crippen LogP) is 2.09. The summed E-state index contributed by atoms with van der Waals surface area (Å²) in [6.07, 6.45) is 0.554. The molecule has 0 aromatic heterocycles. The molecule has 1 fully saturated rings. The summed E-state index contributed by atoms with van der Waals surface area (Å²) in [6, 6.07) is 14.4. The number of carbonyl (C=O) groups excluding carboxylic acids is 3. The summed E-state index contributed by atoms with van der Waals surface area (Å²) in [7, 11) is 0. The largest absolute Gasteiger partial charge is 0.454 e. The Morgan fingerprint density at radius 1 is 1.10 bits per heavy atom. The monoisotopic (exact) mass is 425 g/mol. The highest BCUT2D eigenvalue weighted by atomic mass is 32.2. The molecule has 0 bridgehead atoms. The number of carbonyl (C=O) groups is 3. The zero-order valence-corrected chi connectivity index (χ0v) is 16.3. The maximum absolute atomic E-state index is 12.4. The van der Waals surface area contributed by atoms with E-state index >= 15 is 0 Å². The number of non-ortho nitro benzene ring substituents is 1. The van der Waals surface area contributed by atoms with E-state index in [1.165, 1.54) is 36.0 Å². The Labute approximate surface area is 174 Å². The summed E-state index contributed by atoms with van der Waals surface area (Å²) in [4.78, 5) is 52.1. The number of fused-ring (bicyclic) bond motifs is 1. The van der Waals surface area contributed by atoms with Crippen LogP contribution >= 0.6 is 11.8 Å². The van der Waals surface area contributed by atoms with Crippen LogP contribution in [-0.2, 0) is 32.1 Å². The van der Waals surface area contributed by atoms with Crippen molar-refractivity contribution in [1.29, 1.82) is 0 Å². The molecule has 4 rings (SSSR count). The molecule has 9 nitrogen and oxygen atoms in total. The summed E-state index contributed by atoms with van der Waals surface area (Å²) in [6.45, 7) is -0.235. The molecule has 30 heavy (non-hydrogen) atoms. The summed E-state index contributed by atoms with van der Waals surface area (Å²) in [5, 5.41) is 10.9. The Bertz CT molecular complexity index is 1050. The van der Waals surface area contributed by atoms with Crippen LogP contribution in [0.15, 0.2) is 59.6 Å². The number of rotatable bonds is 5. The Hall–Kier alpha value is -3.53. The first-order valence-electron chi connectivity index (χ1n) is 8.99. The molecule has 0 spiro atoms. The van der Waals surface area contributed by atoms with Crippen molar-refractivity contribution in [3.8, 4) is 0 Å². The maximum Gasteiger partial charge on any atom is 0.397 e. The minimum absolute atomic E-state index is 0.0945. The molecular weight excluding hydrogens is 410 g/mol. The second-order valence-electron chi connectivity index (χ2n) is 6.65. The van der Waals surface area contributed by atoms with Crippen molar-refractivity contribution in [2.75, 3.05) is 0 Å². The summed E-state index contributed by atoms with van der Waals surface area (Å²) in [5.74, 6) is -2.71. The lowest BCUT2D eigenvalue weighted by molar-refractivity contribution is -0.384. The first kappa shape index (κ1) is 19.8. The maximum atomic E-state index is 12.4. The molecule has 0 unspecified atom stereocenters. The Kier molecular flexibility index (Phi) is 5.32. The van der Waals surface area contributed by atoms with E-state index in [9.17, 15) is 24.5 Å². The quantitative estimate of drug-likeness (QED) is 0.237.